The van der Waals surface area contributed by atoms with Gasteiger partial charge in [0.25, 0.3) is 0 Å². The maximum Gasteiger partial charge on any atom is 0.231 e. The number of morpholine rings is 1. The summed E-state index contributed by atoms with van der Waals surface area (Å²) in [5, 5.41) is 3.20. The van der Waals surface area contributed by atoms with Crippen LogP contribution >= 0.6 is 15.9 Å². The Balaban J connectivity index is 1.53. The van der Waals surface area contributed by atoms with E-state index in [0.29, 0.717) is 45.8 Å². The number of benzene rings is 1. The van der Waals surface area contributed by atoms with Crippen molar-refractivity contribution in [3.8, 4) is 0 Å². The second-order valence-electron chi connectivity index (χ2n) is 7.47. The van der Waals surface area contributed by atoms with Crippen LogP contribution in [0.15, 0.2) is 47.1 Å². The Kier molecular flexibility index (Phi) is 6.47. The smallest absolute Gasteiger partial charge is 0.231 e. The Morgan fingerprint density at radius 2 is 1.76 bits per heavy atom. The minimum Gasteiger partial charge on any atom is -0.381 e. The molecule has 1 aromatic heterocycles. The molecule has 6 nitrogen and oxygen atoms in total. The third-order valence-corrected chi connectivity index (χ3v) is 6.32. The molecule has 0 unspecified atom stereocenters. The van der Waals surface area contributed by atoms with E-state index < -0.39 is 5.41 Å². The van der Waals surface area contributed by atoms with E-state index in [1.807, 2.05) is 36.4 Å². The summed E-state index contributed by atoms with van der Waals surface area (Å²) in [5.74, 6) is 0.987. The molecule has 1 N–H and O–H groups in total. The zero-order valence-corrected chi connectivity index (χ0v) is 18.0. The molecule has 2 fully saturated rings. The minimum absolute atomic E-state index is 0.0555. The molecule has 2 aliphatic rings. The molecule has 0 bridgehead atoms. The monoisotopic (exact) mass is 459 g/mol. The second-order valence-corrected chi connectivity index (χ2v) is 8.39. The molecule has 1 aromatic carbocycles. The first-order valence-corrected chi connectivity index (χ1v) is 10.9. The number of aromatic nitrogens is 1. The van der Waals surface area contributed by atoms with Gasteiger partial charge >= 0.3 is 0 Å². The van der Waals surface area contributed by atoms with E-state index in [1.165, 1.54) is 0 Å². The highest BCUT2D eigenvalue weighted by molar-refractivity contribution is 9.10. The number of rotatable bonds is 5. The van der Waals surface area contributed by atoms with E-state index in [4.69, 9.17) is 9.47 Å². The Labute approximate surface area is 179 Å². The van der Waals surface area contributed by atoms with Crippen LogP contribution in [0, 0.1) is 0 Å². The van der Waals surface area contributed by atoms with Gasteiger partial charge in [-0.2, -0.15) is 0 Å². The predicted octanol–water partition coefficient (Wildman–Crippen LogP) is 3.05. The first-order chi connectivity index (χ1) is 14.2. The molecule has 1 amide bonds. The summed E-state index contributed by atoms with van der Waals surface area (Å²) < 4.78 is 12.0. The number of hydrogen-bond acceptors (Lipinski definition) is 5. The van der Waals surface area contributed by atoms with Crippen LogP contribution in [0.1, 0.15) is 24.0 Å². The number of amides is 1. The molecule has 0 atom stereocenters. The van der Waals surface area contributed by atoms with Crippen molar-refractivity contribution in [3.05, 3.63) is 58.2 Å². The Bertz CT molecular complexity index is 831. The SMILES string of the molecule is O=C(NCc1cccnc1N1CCOCC1)C1(c2ccc(Br)cc2)CCOCC1. The van der Waals surface area contributed by atoms with Gasteiger partial charge in [-0.25, -0.2) is 4.98 Å². The molecule has 3 heterocycles. The van der Waals surface area contributed by atoms with Gasteiger partial charge in [0.05, 0.1) is 18.6 Å². The van der Waals surface area contributed by atoms with Crippen molar-refractivity contribution < 1.29 is 14.3 Å². The van der Waals surface area contributed by atoms with Gasteiger partial charge in [0.15, 0.2) is 0 Å². The van der Waals surface area contributed by atoms with E-state index in [-0.39, 0.29) is 5.91 Å². The number of hydrogen-bond donors (Lipinski definition) is 1. The lowest BCUT2D eigenvalue weighted by molar-refractivity contribution is -0.130. The Hall–Kier alpha value is -1.96. The van der Waals surface area contributed by atoms with Crippen LogP contribution in [0.5, 0.6) is 0 Å². The molecule has 0 radical (unpaired) electrons. The minimum atomic E-state index is -0.555. The normalized spacial score (nSPS) is 19.0. The summed E-state index contributed by atoms with van der Waals surface area (Å²) in [6, 6.07) is 12.0. The van der Waals surface area contributed by atoms with Crippen molar-refractivity contribution in [2.45, 2.75) is 24.8 Å². The number of halogens is 1. The summed E-state index contributed by atoms with van der Waals surface area (Å²) in [5.41, 5.74) is 1.52. The zero-order chi connectivity index (χ0) is 20.1. The lowest BCUT2D eigenvalue weighted by Gasteiger charge is -2.36. The first-order valence-electron chi connectivity index (χ1n) is 10.1. The highest BCUT2D eigenvalue weighted by Crippen LogP contribution is 2.36. The molecule has 154 valence electrons. The lowest BCUT2D eigenvalue weighted by atomic mass is 9.73. The Morgan fingerprint density at radius 1 is 1.07 bits per heavy atom. The molecule has 0 spiro atoms. The number of nitrogens with one attached hydrogen (secondary N) is 1. The molecule has 2 saturated heterocycles. The van der Waals surface area contributed by atoms with E-state index >= 15 is 0 Å². The number of carbonyl (C=O) groups is 1. The van der Waals surface area contributed by atoms with Crippen LogP contribution in [-0.2, 0) is 26.2 Å². The van der Waals surface area contributed by atoms with Gasteiger partial charge in [-0.15, -0.1) is 0 Å². The largest absolute Gasteiger partial charge is 0.381 e. The van der Waals surface area contributed by atoms with Gasteiger partial charge in [-0.3, -0.25) is 4.79 Å². The van der Waals surface area contributed by atoms with Crippen LogP contribution in [-0.4, -0.2) is 50.4 Å². The fraction of sp³-hybridized carbons (Fsp3) is 0.455. The van der Waals surface area contributed by atoms with E-state index in [0.717, 1.165) is 34.5 Å². The summed E-state index contributed by atoms with van der Waals surface area (Å²) in [7, 11) is 0. The quantitative estimate of drug-likeness (QED) is 0.744. The first kappa shape index (κ1) is 20.3. The molecule has 0 saturated carbocycles. The summed E-state index contributed by atoms with van der Waals surface area (Å²) in [6.07, 6.45) is 3.17. The van der Waals surface area contributed by atoms with Crippen LogP contribution < -0.4 is 10.2 Å². The average molecular weight is 460 g/mol. The van der Waals surface area contributed by atoms with Crippen molar-refractivity contribution in [1.82, 2.24) is 10.3 Å². The lowest BCUT2D eigenvalue weighted by Crippen LogP contribution is -2.48. The maximum atomic E-state index is 13.4. The van der Waals surface area contributed by atoms with Crippen molar-refractivity contribution >= 4 is 27.7 Å². The number of anilines is 1. The van der Waals surface area contributed by atoms with E-state index in [2.05, 4.69) is 31.1 Å². The summed E-state index contributed by atoms with van der Waals surface area (Å²) in [6.45, 7) is 4.68. The number of carbonyl (C=O) groups excluding carboxylic acids is 1. The van der Waals surface area contributed by atoms with Gasteiger partial charge in [0.2, 0.25) is 5.91 Å². The number of ether oxygens (including phenoxy) is 2. The van der Waals surface area contributed by atoms with Crippen molar-refractivity contribution in [1.29, 1.82) is 0 Å². The zero-order valence-electron chi connectivity index (χ0n) is 16.4. The van der Waals surface area contributed by atoms with Gasteiger partial charge in [0.1, 0.15) is 5.82 Å². The molecule has 4 rings (SSSR count). The van der Waals surface area contributed by atoms with Gasteiger partial charge in [0, 0.05) is 49.1 Å². The topological polar surface area (TPSA) is 63.7 Å². The number of nitrogens with zero attached hydrogens (tertiary/aromatic N) is 2. The van der Waals surface area contributed by atoms with Gasteiger partial charge in [-0.05, 0) is 36.6 Å². The highest BCUT2D eigenvalue weighted by atomic mass is 79.9. The second kappa shape index (κ2) is 9.24. The fourth-order valence-corrected chi connectivity index (χ4v) is 4.37. The van der Waals surface area contributed by atoms with Crippen LogP contribution in [0.4, 0.5) is 5.82 Å². The van der Waals surface area contributed by atoms with Gasteiger partial charge < -0.3 is 19.7 Å². The third-order valence-electron chi connectivity index (χ3n) is 5.80. The summed E-state index contributed by atoms with van der Waals surface area (Å²) in [4.78, 5) is 20.2. The van der Waals surface area contributed by atoms with Crippen LogP contribution in [0.3, 0.4) is 0 Å². The van der Waals surface area contributed by atoms with Crippen molar-refractivity contribution in [2.75, 3.05) is 44.4 Å². The fourth-order valence-electron chi connectivity index (χ4n) is 4.11. The molecular formula is C22H26BrN3O3. The molecule has 2 aliphatic heterocycles. The predicted molar refractivity (Wildman–Crippen MR) is 115 cm³/mol. The maximum absolute atomic E-state index is 13.4. The van der Waals surface area contributed by atoms with Crippen molar-refractivity contribution in [2.24, 2.45) is 0 Å². The number of pyridine rings is 1. The molecule has 7 heteroatoms. The Morgan fingerprint density at radius 3 is 2.48 bits per heavy atom. The summed E-state index contributed by atoms with van der Waals surface area (Å²) >= 11 is 3.49. The highest BCUT2D eigenvalue weighted by Gasteiger charge is 2.41. The van der Waals surface area contributed by atoms with E-state index in [9.17, 15) is 4.79 Å². The standard InChI is InChI=1S/C22H26BrN3O3/c23-19-5-3-18(4-6-19)22(7-12-28-13-8-22)21(27)25-16-17-2-1-9-24-20(17)26-10-14-29-15-11-26/h1-6,9H,7-8,10-16H2,(H,25,27). The van der Waals surface area contributed by atoms with Crippen molar-refractivity contribution in [3.63, 3.8) is 0 Å². The third kappa shape index (κ3) is 4.47. The van der Waals surface area contributed by atoms with Crippen LogP contribution in [0.25, 0.3) is 0 Å². The van der Waals surface area contributed by atoms with E-state index in [1.54, 1.807) is 6.20 Å². The molecular weight excluding hydrogens is 434 g/mol. The van der Waals surface area contributed by atoms with Crippen LogP contribution in [0.2, 0.25) is 0 Å². The molecule has 2 aromatic rings. The molecule has 29 heavy (non-hydrogen) atoms. The average Bonchev–Trinajstić information content (AvgIpc) is 2.79. The van der Waals surface area contributed by atoms with Gasteiger partial charge in [-0.1, -0.05) is 34.1 Å². The molecule has 0 aliphatic carbocycles.